The minimum absolute atomic E-state index is 0.0951. The fourth-order valence-electron chi connectivity index (χ4n) is 4.10. The third kappa shape index (κ3) is 9.45. The topological polar surface area (TPSA) is 62.2 Å². The molecule has 0 heterocycles. The van der Waals surface area contributed by atoms with E-state index in [1.807, 2.05) is 30.3 Å². The predicted molar refractivity (Wildman–Crippen MR) is 120 cm³/mol. The van der Waals surface area contributed by atoms with Gasteiger partial charge in [0, 0.05) is 32.8 Å². The van der Waals surface area contributed by atoms with Crippen molar-refractivity contribution in [2.75, 3.05) is 40.5 Å². The van der Waals surface area contributed by atoms with Crippen LogP contribution in [0.3, 0.4) is 0 Å². The number of methoxy groups -OCH3 is 1. The fourth-order valence-corrected chi connectivity index (χ4v) is 4.10. The Balaban J connectivity index is 1.56. The summed E-state index contributed by atoms with van der Waals surface area (Å²) in [5.41, 5.74) is 1.04. The third-order valence-corrected chi connectivity index (χ3v) is 5.99. The number of hydrogen-bond donors (Lipinski definition) is 1. The molecule has 0 saturated heterocycles. The van der Waals surface area contributed by atoms with E-state index < -0.39 is 6.09 Å². The Bertz CT molecular complexity index is 576. The minimum Gasteiger partial charge on any atom is -0.465 e. The van der Waals surface area contributed by atoms with Gasteiger partial charge in [-0.2, -0.15) is 0 Å². The number of amides is 1. The second-order valence-corrected chi connectivity index (χ2v) is 8.41. The molecule has 0 bridgehead atoms. The molecule has 0 radical (unpaired) electrons. The summed E-state index contributed by atoms with van der Waals surface area (Å²) in [5.74, 6) is 0. The van der Waals surface area contributed by atoms with Gasteiger partial charge in [0.25, 0.3) is 0 Å². The van der Waals surface area contributed by atoms with Gasteiger partial charge in [0.05, 0.1) is 12.7 Å². The van der Waals surface area contributed by atoms with E-state index in [4.69, 9.17) is 9.47 Å². The summed E-state index contributed by atoms with van der Waals surface area (Å²) in [7, 11) is 3.89. The molecule has 6 nitrogen and oxygen atoms in total. The van der Waals surface area contributed by atoms with Gasteiger partial charge in [-0.05, 0) is 57.7 Å². The molecule has 1 saturated carbocycles. The molecule has 1 amide bonds. The molecule has 30 heavy (non-hydrogen) atoms. The van der Waals surface area contributed by atoms with Crippen LogP contribution in [0.25, 0.3) is 0 Å². The summed E-state index contributed by atoms with van der Waals surface area (Å²) in [4.78, 5) is 15.7. The molecule has 0 unspecified atom stereocenters. The summed E-state index contributed by atoms with van der Waals surface area (Å²) in [5, 5.41) is 9.66. The van der Waals surface area contributed by atoms with Gasteiger partial charge in [0.1, 0.15) is 0 Å². The van der Waals surface area contributed by atoms with E-state index in [-0.39, 0.29) is 12.1 Å². The lowest BCUT2D eigenvalue weighted by molar-refractivity contribution is 0.00598. The maximum Gasteiger partial charge on any atom is 0.407 e. The van der Waals surface area contributed by atoms with Crippen molar-refractivity contribution < 1.29 is 19.4 Å². The summed E-state index contributed by atoms with van der Waals surface area (Å²) in [6.45, 7) is 4.20. The number of carbonyl (C=O) groups is 1. The van der Waals surface area contributed by atoms with Crippen molar-refractivity contribution in [2.45, 2.75) is 70.1 Å². The second-order valence-electron chi connectivity index (χ2n) is 8.41. The smallest absolute Gasteiger partial charge is 0.407 e. The average molecular weight is 421 g/mol. The first kappa shape index (κ1) is 24.6. The highest BCUT2D eigenvalue weighted by atomic mass is 16.5. The van der Waals surface area contributed by atoms with E-state index >= 15 is 0 Å². The molecule has 2 rings (SSSR count). The van der Waals surface area contributed by atoms with Crippen LogP contribution in [-0.4, -0.2) is 73.6 Å². The van der Waals surface area contributed by atoms with Crippen molar-refractivity contribution in [1.82, 2.24) is 9.80 Å². The quantitative estimate of drug-likeness (QED) is 0.445. The Morgan fingerprint density at radius 1 is 1.00 bits per heavy atom. The van der Waals surface area contributed by atoms with Crippen LogP contribution in [0.2, 0.25) is 0 Å². The number of nitrogens with zero attached hydrogens (tertiary/aromatic N) is 2. The Kier molecular flexibility index (Phi) is 11.8. The Labute approximate surface area is 182 Å². The first-order valence-electron chi connectivity index (χ1n) is 11.4. The van der Waals surface area contributed by atoms with Gasteiger partial charge < -0.3 is 24.4 Å². The second kappa shape index (κ2) is 14.4. The van der Waals surface area contributed by atoms with E-state index in [9.17, 15) is 9.90 Å². The van der Waals surface area contributed by atoms with E-state index in [0.717, 1.165) is 64.0 Å². The normalized spacial score (nSPS) is 19.2. The lowest BCUT2D eigenvalue weighted by Crippen LogP contribution is -2.42. The molecule has 0 aliphatic heterocycles. The molecular formula is C24H40N2O4. The van der Waals surface area contributed by atoms with E-state index in [0.29, 0.717) is 6.54 Å². The maximum atomic E-state index is 11.8. The van der Waals surface area contributed by atoms with Gasteiger partial charge in [-0.3, -0.25) is 0 Å². The number of carboxylic acid groups (broad SMARTS) is 1. The van der Waals surface area contributed by atoms with Crippen molar-refractivity contribution in [3.63, 3.8) is 0 Å². The van der Waals surface area contributed by atoms with E-state index in [1.54, 1.807) is 12.0 Å². The molecule has 1 aromatic carbocycles. The van der Waals surface area contributed by atoms with Gasteiger partial charge in [-0.1, -0.05) is 43.2 Å². The van der Waals surface area contributed by atoms with Crippen LogP contribution in [0.1, 0.15) is 56.9 Å². The van der Waals surface area contributed by atoms with Gasteiger partial charge in [0.2, 0.25) is 0 Å². The standard InChI is InChI=1S/C24H40N2O4/c1-25(17-19-29-2)16-8-3-4-9-18-30-23-14-12-22(13-15-23)26(24(27)28)20-21-10-6-5-7-11-21/h5-7,10-11,22-23H,3-4,8-9,12-20H2,1-2H3,(H,27,28). The van der Waals surface area contributed by atoms with Crippen LogP contribution in [0, 0.1) is 0 Å². The Morgan fingerprint density at radius 2 is 1.70 bits per heavy atom. The van der Waals surface area contributed by atoms with Crippen molar-refractivity contribution in [2.24, 2.45) is 0 Å². The highest BCUT2D eigenvalue weighted by Gasteiger charge is 2.29. The SMILES string of the molecule is COCCN(C)CCCCCCOC1CCC(N(Cc2ccccc2)C(=O)O)CC1. The Hall–Kier alpha value is -1.63. The van der Waals surface area contributed by atoms with Gasteiger partial charge in [0.15, 0.2) is 0 Å². The fraction of sp³-hybridized carbons (Fsp3) is 0.708. The van der Waals surface area contributed by atoms with Crippen LogP contribution in [0.15, 0.2) is 30.3 Å². The summed E-state index contributed by atoms with van der Waals surface area (Å²) < 4.78 is 11.2. The number of hydrogen-bond acceptors (Lipinski definition) is 4. The molecule has 1 aromatic rings. The summed E-state index contributed by atoms with van der Waals surface area (Å²) in [6, 6.07) is 9.95. The number of unbranched alkanes of at least 4 members (excludes halogenated alkanes) is 3. The predicted octanol–water partition coefficient (Wildman–Crippen LogP) is 4.63. The van der Waals surface area contributed by atoms with Crippen molar-refractivity contribution in [3.8, 4) is 0 Å². The van der Waals surface area contributed by atoms with Crippen molar-refractivity contribution in [3.05, 3.63) is 35.9 Å². The first-order valence-corrected chi connectivity index (χ1v) is 11.4. The van der Waals surface area contributed by atoms with Crippen LogP contribution in [0.5, 0.6) is 0 Å². The molecular weight excluding hydrogens is 380 g/mol. The van der Waals surface area contributed by atoms with Crippen molar-refractivity contribution in [1.29, 1.82) is 0 Å². The van der Waals surface area contributed by atoms with Gasteiger partial charge >= 0.3 is 6.09 Å². The zero-order valence-electron chi connectivity index (χ0n) is 18.8. The molecule has 6 heteroatoms. The molecule has 0 aromatic heterocycles. The molecule has 1 aliphatic carbocycles. The number of ether oxygens (including phenoxy) is 2. The van der Waals surface area contributed by atoms with Crippen LogP contribution in [-0.2, 0) is 16.0 Å². The number of likely N-dealkylation sites (N-methyl/N-ethyl adjacent to an activating group) is 1. The van der Waals surface area contributed by atoms with Gasteiger partial charge in [-0.15, -0.1) is 0 Å². The molecule has 170 valence electrons. The lowest BCUT2D eigenvalue weighted by Gasteiger charge is -2.35. The molecule has 0 atom stereocenters. The third-order valence-electron chi connectivity index (χ3n) is 5.99. The van der Waals surface area contributed by atoms with Crippen LogP contribution >= 0.6 is 0 Å². The lowest BCUT2D eigenvalue weighted by atomic mass is 9.91. The van der Waals surface area contributed by atoms with Crippen molar-refractivity contribution >= 4 is 6.09 Å². The summed E-state index contributed by atoms with van der Waals surface area (Å²) in [6.07, 6.45) is 7.91. The monoisotopic (exact) mass is 420 g/mol. The Morgan fingerprint density at radius 3 is 2.37 bits per heavy atom. The maximum absolute atomic E-state index is 11.8. The summed E-state index contributed by atoms with van der Waals surface area (Å²) >= 11 is 0. The number of benzene rings is 1. The number of rotatable bonds is 14. The molecule has 1 fully saturated rings. The molecule has 1 aliphatic rings. The highest BCUT2D eigenvalue weighted by Crippen LogP contribution is 2.26. The largest absolute Gasteiger partial charge is 0.465 e. The average Bonchev–Trinajstić information content (AvgIpc) is 2.76. The highest BCUT2D eigenvalue weighted by molar-refractivity contribution is 5.65. The minimum atomic E-state index is -0.823. The van der Waals surface area contributed by atoms with Crippen LogP contribution in [0.4, 0.5) is 4.79 Å². The van der Waals surface area contributed by atoms with Gasteiger partial charge in [-0.25, -0.2) is 4.79 Å². The molecule has 0 spiro atoms. The van der Waals surface area contributed by atoms with Crippen LogP contribution < -0.4 is 0 Å². The van der Waals surface area contributed by atoms with E-state index in [2.05, 4.69) is 11.9 Å². The molecule has 1 N–H and O–H groups in total. The zero-order valence-corrected chi connectivity index (χ0v) is 18.8. The first-order chi connectivity index (χ1) is 14.6. The van der Waals surface area contributed by atoms with E-state index in [1.165, 1.54) is 19.3 Å². The zero-order chi connectivity index (χ0) is 21.6.